The summed E-state index contributed by atoms with van der Waals surface area (Å²) in [5.41, 5.74) is 0.791. The molecule has 1 aromatic heterocycles. The minimum atomic E-state index is -0.226. The van der Waals surface area contributed by atoms with Gasteiger partial charge in [0.25, 0.3) is 0 Å². The lowest BCUT2D eigenvalue weighted by atomic mass is 10.2. The predicted octanol–water partition coefficient (Wildman–Crippen LogP) is 2.41. The standard InChI is InChI=1S/C13H17ClN4OS/c1-8(2)15-7-9-10(14)5-4-6-11(9)20-13-17-16-12(19)18(13)3/h4-6,8,15H,7H2,1-3H3,(H,16,19). The van der Waals surface area contributed by atoms with Crippen molar-refractivity contribution in [3.8, 4) is 0 Å². The van der Waals surface area contributed by atoms with E-state index in [-0.39, 0.29) is 5.69 Å². The van der Waals surface area contributed by atoms with Gasteiger partial charge >= 0.3 is 5.69 Å². The van der Waals surface area contributed by atoms with Crippen molar-refractivity contribution in [2.75, 3.05) is 0 Å². The summed E-state index contributed by atoms with van der Waals surface area (Å²) in [5, 5.41) is 11.1. The van der Waals surface area contributed by atoms with Crippen LogP contribution in [0.4, 0.5) is 0 Å². The number of hydrogen-bond acceptors (Lipinski definition) is 4. The molecule has 0 amide bonds. The van der Waals surface area contributed by atoms with E-state index in [1.165, 1.54) is 16.3 Å². The molecule has 20 heavy (non-hydrogen) atoms. The average Bonchev–Trinajstić information content (AvgIpc) is 2.70. The molecule has 0 unspecified atom stereocenters. The van der Waals surface area contributed by atoms with Crippen LogP contribution in [0.25, 0.3) is 0 Å². The van der Waals surface area contributed by atoms with Gasteiger partial charge in [0.1, 0.15) is 0 Å². The van der Waals surface area contributed by atoms with Gasteiger partial charge in [-0.15, -0.1) is 5.10 Å². The number of H-pyrrole nitrogens is 1. The summed E-state index contributed by atoms with van der Waals surface area (Å²) in [5.74, 6) is 0. The highest BCUT2D eigenvalue weighted by Crippen LogP contribution is 2.32. The number of hydrogen-bond donors (Lipinski definition) is 2. The molecule has 2 aromatic rings. The molecule has 7 heteroatoms. The molecule has 1 heterocycles. The third kappa shape index (κ3) is 3.45. The van der Waals surface area contributed by atoms with Crippen molar-refractivity contribution in [1.29, 1.82) is 0 Å². The van der Waals surface area contributed by atoms with Gasteiger partial charge in [0, 0.05) is 29.6 Å². The van der Waals surface area contributed by atoms with Gasteiger partial charge < -0.3 is 5.32 Å². The Balaban J connectivity index is 2.29. The first-order valence-electron chi connectivity index (χ1n) is 6.29. The first kappa shape index (κ1) is 15.2. The topological polar surface area (TPSA) is 62.7 Å². The number of nitrogens with one attached hydrogen (secondary N) is 2. The number of aromatic nitrogens is 3. The highest BCUT2D eigenvalue weighted by atomic mass is 35.5. The first-order chi connectivity index (χ1) is 9.49. The van der Waals surface area contributed by atoms with Crippen LogP contribution in [-0.4, -0.2) is 20.8 Å². The molecule has 0 aliphatic carbocycles. The van der Waals surface area contributed by atoms with Gasteiger partial charge in [-0.2, -0.15) is 0 Å². The maximum atomic E-state index is 11.4. The van der Waals surface area contributed by atoms with Crippen LogP contribution in [0.1, 0.15) is 19.4 Å². The van der Waals surface area contributed by atoms with Crippen LogP contribution in [-0.2, 0) is 13.6 Å². The second-order valence-electron chi connectivity index (χ2n) is 4.72. The summed E-state index contributed by atoms with van der Waals surface area (Å²) in [7, 11) is 1.69. The van der Waals surface area contributed by atoms with E-state index in [4.69, 9.17) is 11.6 Å². The predicted molar refractivity (Wildman–Crippen MR) is 81.4 cm³/mol. The molecule has 5 nitrogen and oxygen atoms in total. The van der Waals surface area contributed by atoms with Gasteiger partial charge in [-0.3, -0.25) is 4.57 Å². The van der Waals surface area contributed by atoms with E-state index in [1.54, 1.807) is 7.05 Å². The van der Waals surface area contributed by atoms with E-state index in [0.29, 0.717) is 22.8 Å². The van der Waals surface area contributed by atoms with Crippen molar-refractivity contribution in [2.45, 2.75) is 36.5 Å². The smallest absolute Gasteiger partial charge is 0.310 e. The summed E-state index contributed by atoms with van der Waals surface area (Å²) >= 11 is 7.70. The molecular weight excluding hydrogens is 296 g/mol. The molecule has 0 aliphatic heterocycles. The Morgan fingerprint density at radius 3 is 2.85 bits per heavy atom. The molecule has 1 aromatic carbocycles. The molecule has 0 atom stereocenters. The summed E-state index contributed by atoms with van der Waals surface area (Å²) in [6, 6.07) is 6.12. The van der Waals surface area contributed by atoms with E-state index in [9.17, 15) is 4.79 Å². The average molecular weight is 313 g/mol. The largest absolute Gasteiger partial charge is 0.343 e. The van der Waals surface area contributed by atoms with Gasteiger partial charge in [0.05, 0.1) is 0 Å². The SMILES string of the molecule is CC(C)NCc1c(Cl)cccc1Sc1n[nH]c(=O)n1C. The van der Waals surface area contributed by atoms with E-state index in [1.807, 2.05) is 18.2 Å². The van der Waals surface area contributed by atoms with E-state index < -0.39 is 0 Å². The molecule has 0 fully saturated rings. The number of benzene rings is 1. The number of rotatable bonds is 5. The van der Waals surface area contributed by atoms with Crippen LogP contribution in [0.5, 0.6) is 0 Å². The van der Waals surface area contributed by atoms with Crippen LogP contribution in [0.3, 0.4) is 0 Å². The van der Waals surface area contributed by atoms with Gasteiger partial charge in [-0.25, -0.2) is 9.89 Å². The molecule has 2 N–H and O–H groups in total. The van der Waals surface area contributed by atoms with Gasteiger partial charge in [0.15, 0.2) is 5.16 Å². The zero-order valence-corrected chi connectivity index (χ0v) is 13.2. The molecule has 0 bridgehead atoms. The lowest BCUT2D eigenvalue weighted by Gasteiger charge is -2.13. The molecule has 0 aliphatic rings. The van der Waals surface area contributed by atoms with Crippen LogP contribution >= 0.6 is 23.4 Å². The van der Waals surface area contributed by atoms with Crippen molar-refractivity contribution in [2.24, 2.45) is 7.05 Å². The third-order valence-corrected chi connectivity index (χ3v) is 4.31. The maximum Gasteiger partial charge on any atom is 0.343 e. The second kappa shape index (κ2) is 6.47. The minimum absolute atomic E-state index is 0.226. The van der Waals surface area contributed by atoms with Crippen molar-refractivity contribution in [3.63, 3.8) is 0 Å². The van der Waals surface area contributed by atoms with Crippen LogP contribution in [0.15, 0.2) is 33.0 Å². The quantitative estimate of drug-likeness (QED) is 0.890. The molecule has 0 spiro atoms. The molecule has 108 valence electrons. The lowest BCUT2D eigenvalue weighted by Crippen LogP contribution is -2.22. The summed E-state index contributed by atoms with van der Waals surface area (Å²) in [4.78, 5) is 12.4. The molecule has 0 saturated heterocycles. The summed E-state index contributed by atoms with van der Waals surface area (Å²) in [6.07, 6.45) is 0. The Hall–Kier alpha value is -1.24. The van der Waals surface area contributed by atoms with E-state index >= 15 is 0 Å². The van der Waals surface area contributed by atoms with Crippen molar-refractivity contribution in [3.05, 3.63) is 39.3 Å². The number of nitrogens with zero attached hydrogens (tertiary/aromatic N) is 2. The van der Waals surface area contributed by atoms with E-state index in [2.05, 4.69) is 29.4 Å². The van der Waals surface area contributed by atoms with Crippen LogP contribution < -0.4 is 11.0 Å². The Morgan fingerprint density at radius 2 is 2.25 bits per heavy atom. The second-order valence-corrected chi connectivity index (χ2v) is 6.14. The fraction of sp³-hybridized carbons (Fsp3) is 0.385. The highest BCUT2D eigenvalue weighted by Gasteiger charge is 2.12. The Morgan fingerprint density at radius 1 is 1.50 bits per heavy atom. The molecule has 0 radical (unpaired) electrons. The summed E-state index contributed by atoms with van der Waals surface area (Å²) in [6.45, 7) is 4.85. The van der Waals surface area contributed by atoms with Gasteiger partial charge in [-0.05, 0) is 29.5 Å². The monoisotopic (exact) mass is 312 g/mol. The Bertz CT molecular complexity index is 650. The summed E-state index contributed by atoms with van der Waals surface area (Å²) < 4.78 is 1.48. The lowest BCUT2D eigenvalue weighted by molar-refractivity contribution is 0.585. The van der Waals surface area contributed by atoms with Gasteiger partial charge in [0.2, 0.25) is 0 Å². The number of halogens is 1. The van der Waals surface area contributed by atoms with Crippen LogP contribution in [0, 0.1) is 0 Å². The van der Waals surface area contributed by atoms with Crippen LogP contribution in [0.2, 0.25) is 5.02 Å². The Kier molecular flexibility index (Phi) is 4.91. The minimum Gasteiger partial charge on any atom is -0.310 e. The Labute approximate surface area is 126 Å². The van der Waals surface area contributed by atoms with E-state index in [0.717, 1.165) is 10.5 Å². The number of aromatic amines is 1. The van der Waals surface area contributed by atoms with Crippen molar-refractivity contribution < 1.29 is 0 Å². The zero-order chi connectivity index (χ0) is 14.7. The maximum absolute atomic E-state index is 11.4. The fourth-order valence-electron chi connectivity index (χ4n) is 1.63. The normalized spacial score (nSPS) is 11.2. The van der Waals surface area contributed by atoms with Crippen molar-refractivity contribution in [1.82, 2.24) is 20.1 Å². The first-order valence-corrected chi connectivity index (χ1v) is 7.48. The van der Waals surface area contributed by atoms with Crippen molar-refractivity contribution >= 4 is 23.4 Å². The molecule has 0 saturated carbocycles. The molecular formula is C13H17ClN4OS. The highest BCUT2D eigenvalue weighted by molar-refractivity contribution is 7.99. The zero-order valence-electron chi connectivity index (χ0n) is 11.6. The molecule has 2 rings (SSSR count). The van der Waals surface area contributed by atoms with Gasteiger partial charge in [-0.1, -0.05) is 31.5 Å². The fourth-order valence-corrected chi connectivity index (χ4v) is 2.89. The third-order valence-electron chi connectivity index (χ3n) is 2.80.